The van der Waals surface area contributed by atoms with Crippen molar-refractivity contribution in [3.8, 4) is 11.5 Å². The topological polar surface area (TPSA) is 88.7 Å². The first kappa shape index (κ1) is 24.6. The summed E-state index contributed by atoms with van der Waals surface area (Å²) in [6.07, 6.45) is -3.95. The van der Waals surface area contributed by atoms with Crippen molar-refractivity contribution in [3.63, 3.8) is 0 Å². The normalized spacial score (nSPS) is 18.3. The Balaban J connectivity index is 1.42. The Morgan fingerprint density at radius 2 is 1.91 bits per heavy atom. The van der Waals surface area contributed by atoms with E-state index in [2.05, 4.69) is 20.7 Å². The van der Waals surface area contributed by atoms with Gasteiger partial charge >= 0.3 is 6.36 Å². The number of nitrogens with one attached hydrogen (secondary N) is 3. The van der Waals surface area contributed by atoms with E-state index < -0.39 is 35.8 Å². The maximum Gasteiger partial charge on any atom is 0.573 e. The monoisotopic (exact) mass is 489 g/mol. The summed E-state index contributed by atoms with van der Waals surface area (Å²) in [6, 6.07) is 7.97. The maximum absolute atomic E-state index is 13.4. The van der Waals surface area contributed by atoms with E-state index in [1.807, 2.05) is 0 Å². The van der Waals surface area contributed by atoms with E-state index in [-0.39, 0.29) is 29.1 Å². The van der Waals surface area contributed by atoms with Gasteiger partial charge in [-0.3, -0.25) is 9.59 Å². The predicted octanol–water partition coefficient (Wildman–Crippen LogP) is 3.63. The lowest BCUT2D eigenvalue weighted by molar-refractivity contribution is -0.274. The van der Waals surface area contributed by atoms with Crippen LogP contribution in [0.25, 0.3) is 0 Å². The first-order chi connectivity index (χ1) is 15.6. The maximum atomic E-state index is 13.4. The van der Waals surface area contributed by atoms with Gasteiger partial charge in [-0.1, -0.05) is 17.7 Å². The van der Waals surface area contributed by atoms with E-state index in [0.29, 0.717) is 19.4 Å². The van der Waals surface area contributed by atoms with E-state index in [1.165, 1.54) is 24.3 Å². The van der Waals surface area contributed by atoms with Gasteiger partial charge in [0, 0.05) is 30.4 Å². The van der Waals surface area contributed by atoms with Crippen molar-refractivity contribution in [2.24, 2.45) is 0 Å². The number of piperidine rings is 1. The molecule has 3 N–H and O–H groups in total. The number of rotatable bonds is 7. The lowest BCUT2D eigenvalue weighted by Crippen LogP contribution is -2.53. The summed E-state index contributed by atoms with van der Waals surface area (Å²) in [7, 11) is 0. The second kappa shape index (κ2) is 10.7. The fourth-order valence-corrected chi connectivity index (χ4v) is 3.31. The van der Waals surface area contributed by atoms with Crippen LogP contribution in [0.4, 0.5) is 23.2 Å². The summed E-state index contributed by atoms with van der Waals surface area (Å²) < 4.78 is 59.5. The van der Waals surface area contributed by atoms with E-state index in [1.54, 1.807) is 0 Å². The van der Waals surface area contributed by atoms with Crippen molar-refractivity contribution >= 4 is 29.1 Å². The standard InChI is InChI=1S/C21H20ClF4N3O4/c22-16-6-5-14(9-17(16)23)32-11-19(30)28-13-4-7-18(27-10-13)20(31)29-12-2-1-3-15(8-12)33-21(24,25)26/h1-3,5-6,8-9,13,18,27H,4,7,10-11H2,(H,28,30)(H,29,31)/t13-,18+/m0/s1. The lowest BCUT2D eigenvalue weighted by Gasteiger charge is -2.29. The van der Waals surface area contributed by atoms with Gasteiger partial charge in [-0.15, -0.1) is 13.2 Å². The molecule has 0 saturated carbocycles. The highest BCUT2D eigenvalue weighted by Gasteiger charge is 2.31. The summed E-state index contributed by atoms with van der Waals surface area (Å²) in [5.41, 5.74) is 0.162. The molecule has 1 aliphatic heterocycles. The molecule has 1 aliphatic rings. The molecule has 7 nitrogen and oxygen atoms in total. The third-order valence-electron chi connectivity index (χ3n) is 4.69. The highest BCUT2D eigenvalue weighted by molar-refractivity contribution is 6.30. The first-order valence-electron chi connectivity index (χ1n) is 9.86. The minimum Gasteiger partial charge on any atom is -0.484 e. The fourth-order valence-electron chi connectivity index (χ4n) is 3.19. The van der Waals surface area contributed by atoms with Crippen LogP contribution < -0.4 is 25.4 Å². The summed E-state index contributed by atoms with van der Waals surface area (Å²) >= 11 is 5.59. The van der Waals surface area contributed by atoms with Crippen LogP contribution in [0.15, 0.2) is 42.5 Å². The van der Waals surface area contributed by atoms with Gasteiger partial charge in [0.05, 0.1) is 11.1 Å². The van der Waals surface area contributed by atoms with Gasteiger partial charge in [-0.05, 0) is 37.1 Å². The van der Waals surface area contributed by atoms with Crippen LogP contribution in [0, 0.1) is 5.82 Å². The van der Waals surface area contributed by atoms with Crippen molar-refractivity contribution in [2.75, 3.05) is 18.5 Å². The highest BCUT2D eigenvalue weighted by atomic mass is 35.5. The zero-order valence-electron chi connectivity index (χ0n) is 17.0. The Bertz CT molecular complexity index is 998. The van der Waals surface area contributed by atoms with Gasteiger partial charge in [0.15, 0.2) is 6.61 Å². The minimum absolute atomic E-state index is 0.0546. The van der Waals surface area contributed by atoms with Gasteiger partial charge in [0.2, 0.25) is 5.91 Å². The number of ether oxygens (including phenoxy) is 2. The molecule has 0 spiro atoms. The molecule has 178 valence electrons. The van der Waals surface area contributed by atoms with Gasteiger partial charge in [-0.25, -0.2) is 4.39 Å². The minimum atomic E-state index is -4.83. The Morgan fingerprint density at radius 1 is 1.12 bits per heavy atom. The van der Waals surface area contributed by atoms with E-state index in [0.717, 1.165) is 18.2 Å². The molecule has 0 unspecified atom stereocenters. The fraction of sp³-hybridized carbons (Fsp3) is 0.333. The molecule has 3 rings (SSSR count). The Labute approximate surface area is 191 Å². The number of halogens is 5. The van der Waals surface area contributed by atoms with E-state index in [4.69, 9.17) is 16.3 Å². The van der Waals surface area contributed by atoms with Gasteiger partial charge in [0.1, 0.15) is 17.3 Å². The second-order valence-electron chi connectivity index (χ2n) is 7.23. The molecular formula is C21H20ClF4N3O4. The number of hydrogen-bond donors (Lipinski definition) is 3. The largest absolute Gasteiger partial charge is 0.573 e. The number of carbonyl (C=O) groups excluding carboxylic acids is 2. The number of hydrogen-bond acceptors (Lipinski definition) is 5. The smallest absolute Gasteiger partial charge is 0.484 e. The van der Waals surface area contributed by atoms with Crippen LogP contribution in [-0.4, -0.2) is 43.4 Å². The molecule has 1 fully saturated rings. The van der Waals surface area contributed by atoms with Gasteiger partial charge < -0.3 is 25.4 Å². The van der Waals surface area contributed by atoms with Crippen molar-refractivity contribution < 1.29 is 36.6 Å². The number of anilines is 1. The van der Waals surface area contributed by atoms with Gasteiger partial charge in [-0.2, -0.15) is 0 Å². The summed E-state index contributed by atoms with van der Waals surface area (Å²) in [5.74, 6) is -1.77. The van der Waals surface area contributed by atoms with Crippen LogP contribution in [0.1, 0.15) is 12.8 Å². The third kappa shape index (κ3) is 7.79. The van der Waals surface area contributed by atoms with Gasteiger partial charge in [0.25, 0.3) is 5.91 Å². The molecule has 0 bridgehead atoms. The average molecular weight is 490 g/mol. The molecule has 1 saturated heterocycles. The molecule has 12 heteroatoms. The lowest BCUT2D eigenvalue weighted by atomic mass is 10.00. The molecule has 2 aromatic rings. The summed E-state index contributed by atoms with van der Waals surface area (Å²) in [4.78, 5) is 24.5. The molecule has 33 heavy (non-hydrogen) atoms. The zero-order valence-corrected chi connectivity index (χ0v) is 17.8. The molecule has 0 aromatic heterocycles. The second-order valence-corrected chi connectivity index (χ2v) is 7.64. The third-order valence-corrected chi connectivity index (χ3v) is 5.00. The van der Waals surface area contributed by atoms with Crippen LogP contribution in [0.2, 0.25) is 5.02 Å². The molecular weight excluding hydrogens is 470 g/mol. The highest BCUT2D eigenvalue weighted by Crippen LogP contribution is 2.25. The Kier molecular flexibility index (Phi) is 7.98. The molecule has 2 atom stereocenters. The number of amides is 2. The number of alkyl halides is 3. The van der Waals surface area contributed by atoms with E-state index in [9.17, 15) is 27.2 Å². The van der Waals surface area contributed by atoms with Crippen molar-refractivity contribution in [1.29, 1.82) is 0 Å². The van der Waals surface area contributed by atoms with Crippen LogP contribution in [0.3, 0.4) is 0 Å². The van der Waals surface area contributed by atoms with Crippen LogP contribution in [-0.2, 0) is 9.59 Å². The van der Waals surface area contributed by atoms with Crippen LogP contribution in [0.5, 0.6) is 11.5 Å². The molecule has 0 radical (unpaired) electrons. The predicted molar refractivity (Wildman–Crippen MR) is 112 cm³/mol. The first-order valence-corrected chi connectivity index (χ1v) is 10.2. The van der Waals surface area contributed by atoms with E-state index >= 15 is 0 Å². The van der Waals surface area contributed by atoms with Crippen molar-refractivity contribution in [2.45, 2.75) is 31.3 Å². The zero-order chi connectivity index (χ0) is 24.0. The van der Waals surface area contributed by atoms with Crippen molar-refractivity contribution in [1.82, 2.24) is 10.6 Å². The Morgan fingerprint density at radius 3 is 2.58 bits per heavy atom. The SMILES string of the molecule is O=C(COc1ccc(Cl)c(F)c1)N[C@H]1CC[C@H](C(=O)Nc2cccc(OC(F)(F)F)c2)NC1. The molecule has 0 aliphatic carbocycles. The molecule has 1 heterocycles. The van der Waals surface area contributed by atoms with Crippen LogP contribution >= 0.6 is 11.6 Å². The average Bonchev–Trinajstić information content (AvgIpc) is 2.74. The molecule has 2 aromatic carbocycles. The number of carbonyl (C=O) groups is 2. The van der Waals surface area contributed by atoms with Crippen molar-refractivity contribution in [3.05, 3.63) is 53.3 Å². The summed E-state index contributed by atoms with van der Waals surface area (Å²) in [6.45, 7) is -0.0194. The quantitative estimate of drug-likeness (QED) is 0.517. The summed E-state index contributed by atoms with van der Waals surface area (Å²) in [5, 5.41) is 8.23. The molecule has 2 amide bonds. The number of benzene rings is 2. The Hall–Kier alpha value is -3.05.